The molecule has 0 unspecified atom stereocenters. The monoisotopic (exact) mass is 201 g/mol. The van der Waals surface area contributed by atoms with Gasteiger partial charge in [-0.3, -0.25) is 0 Å². The number of nitrogens with zero attached hydrogens (tertiary/aromatic N) is 2. The van der Waals surface area contributed by atoms with E-state index in [9.17, 15) is 0 Å². The van der Waals surface area contributed by atoms with E-state index in [0.717, 1.165) is 5.56 Å². The van der Waals surface area contributed by atoms with Crippen LogP contribution in [0.1, 0.15) is 5.56 Å². The van der Waals surface area contributed by atoms with Gasteiger partial charge in [0.15, 0.2) is 0 Å². The van der Waals surface area contributed by atoms with Crippen LogP contribution in [0.5, 0.6) is 11.8 Å². The number of nitrogens with two attached hydrogens (primary N) is 1. The number of hydrogen-bond acceptors (Lipinski definition) is 4. The van der Waals surface area contributed by atoms with Gasteiger partial charge in [-0.2, -0.15) is 0 Å². The van der Waals surface area contributed by atoms with Crippen molar-refractivity contribution in [2.75, 3.05) is 0 Å². The Hall–Kier alpha value is -1.94. The quantitative estimate of drug-likeness (QED) is 0.821. The van der Waals surface area contributed by atoms with E-state index >= 15 is 0 Å². The molecule has 1 aromatic carbocycles. The van der Waals surface area contributed by atoms with Crippen molar-refractivity contribution in [3.8, 4) is 11.8 Å². The van der Waals surface area contributed by atoms with E-state index in [1.54, 1.807) is 18.5 Å². The largest absolute Gasteiger partial charge is 0.424 e. The minimum Gasteiger partial charge on any atom is -0.424 e. The molecule has 0 aliphatic rings. The van der Waals surface area contributed by atoms with Gasteiger partial charge >= 0.3 is 6.01 Å². The second-order valence-corrected chi connectivity index (χ2v) is 2.98. The molecule has 0 spiro atoms. The highest BCUT2D eigenvalue weighted by molar-refractivity contribution is 5.30. The fourth-order valence-corrected chi connectivity index (χ4v) is 1.18. The third kappa shape index (κ3) is 2.51. The van der Waals surface area contributed by atoms with Gasteiger partial charge in [0.25, 0.3) is 0 Å². The van der Waals surface area contributed by atoms with Gasteiger partial charge < -0.3 is 10.5 Å². The first-order chi connectivity index (χ1) is 7.38. The van der Waals surface area contributed by atoms with Crippen molar-refractivity contribution < 1.29 is 4.74 Å². The third-order valence-corrected chi connectivity index (χ3v) is 1.89. The highest BCUT2D eigenvalue weighted by Gasteiger charge is 1.99. The zero-order chi connectivity index (χ0) is 10.5. The lowest BCUT2D eigenvalue weighted by atomic mass is 10.2. The summed E-state index contributed by atoms with van der Waals surface area (Å²) in [6.45, 7) is 0.493. The van der Waals surface area contributed by atoms with Crippen molar-refractivity contribution >= 4 is 0 Å². The Morgan fingerprint density at radius 1 is 1.13 bits per heavy atom. The van der Waals surface area contributed by atoms with E-state index in [4.69, 9.17) is 10.5 Å². The minimum atomic E-state index is 0.340. The molecular formula is C11H11N3O. The summed E-state index contributed by atoms with van der Waals surface area (Å²) in [7, 11) is 0. The molecule has 0 aliphatic carbocycles. The average Bonchev–Trinajstić information content (AvgIpc) is 2.31. The van der Waals surface area contributed by atoms with Gasteiger partial charge in [0.05, 0.1) is 0 Å². The predicted molar refractivity (Wildman–Crippen MR) is 56.4 cm³/mol. The van der Waals surface area contributed by atoms with E-state index in [1.807, 2.05) is 24.3 Å². The molecule has 0 saturated carbocycles. The van der Waals surface area contributed by atoms with Crippen LogP contribution in [0.25, 0.3) is 0 Å². The Labute approximate surface area is 87.7 Å². The number of aromatic nitrogens is 2. The molecule has 2 N–H and O–H groups in total. The van der Waals surface area contributed by atoms with Gasteiger partial charge in [-0.05, 0) is 23.8 Å². The maximum absolute atomic E-state index is 5.53. The molecule has 15 heavy (non-hydrogen) atoms. The van der Waals surface area contributed by atoms with Crippen molar-refractivity contribution in [2.24, 2.45) is 5.73 Å². The van der Waals surface area contributed by atoms with Gasteiger partial charge in [0.1, 0.15) is 5.75 Å². The Bertz CT molecular complexity index is 431. The van der Waals surface area contributed by atoms with E-state index in [2.05, 4.69) is 9.97 Å². The molecule has 0 bridgehead atoms. The van der Waals surface area contributed by atoms with Crippen molar-refractivity contribution in [1.82, 2.24) is 9.97 Å². The Balaban J connectivity index is 2.17. The molecule has 4 heteroatoms. The van der Waals surface area contributed by atoms with Crippen LogP contribution in [-0.2, 0) is 6.54 Å². The van der Waals surface area contributed by atoms with E-state index in [1.165, 1.54) is 0 Å². The fraction of sp³-hybridized carbons (Fsp3) is 0.0909. The molecule has 0 amide bonds. The lowest BCUT2D eigenvalue weighted by Gasteiger charge is -2.04. The number of rotatable bonds is 3. The molecule has 0 atom stereocenters. The standard InChI is InChI=1S/C11H11N3O/c12-8-9-3-1-4-10(7-9)15-11-13-5-2-6-14-11/h1-7H,8,12H2. The molecule has 2 aromatic rings. The summed E-state index contributed by atoms with van der Waals surface area (Å²) in [6.07, 6.45) is 3.27. The second kappa shape index (κ2) is 4.52. The molecule has 1 aromatic heterocycles. The van der Waals surface area contributed by atoms with Crippen molar-refractivity contribution in [3.05, 3.63) is 48.3 Å². The van der Waals surface area contributed by atoms with Crippen molar-refractivity contribution in [3.63, 3.8) is 0 Å². The molecule has 76 valence electrons. The molecule has 0 radical (unpaired) electrons. The maximum Gasteiger partial charge on any atom is 0.321 e. The van der Waals surface area contributed by atoms with E-state index in [0.29, 0.717) is 18.3 Å². The Morgan fingerprint density at radius 3 is 2.67 bits per heavy atom. The first kappa shape index (κ1) is 9.61. The van der Waals surface area contributed by atoms with Crippen LogP contribution in [0.15, 0.2) is 42.7 Å². The summed E-state index contributed by atoms with van der Waals surface area (Å²) in [5.41, 5.74) is 6.54. The summed E-state index contributed by atoms with van der Waals surface area (Å²) in [5, 5.41) is 0. The number of ether oxygens (including phenoxy) is 1. The molecule has 4 nitrogen and oxygen atoms in total. The third-order valence-electron chi connectivity index (χ3n) is 1.89. The van der Waals surface area contributed by atoms with E-state index in [-0.39, 0.29) is 0 Å². The smallest absolute Gasteiger partial charge is 0.321 e. The second-order valence-electron chi connectivity index (χ2n) is 2.98. The van der Waals surface area contributed by atoms with Crippen LogP contribution in [0, 0.1) is 0 Å². The Kier molecular flexibility index (Phi) is 2.90. The van der Waals surface area contributed by atoms with Crippen molar-refractivity contribution in [2.45, 2.75) is 6.54 Å². The minimum absolute atomic E-state index is 0.340. The molecule has 1 heterocycles. The zero-order valence-electron chi connectivity index (χ0n) is 8.13. The predicted octanol–water partition coefficient (Wildman–Crippen LogP) is 1.73. The first-order valence-electron chi connectivity index (χ1n) is 4.62. The lowest BCUT2D eigenvalue weighted by molar-refractivity contribution is 0.441. The highest BCUT2D eigenvalue weighted by atomic mass is 16.5. The van der Waals surface area contributed by atoms with Crippen LogP contribution >= 0.6 is 0 Å². The van der Waals surface area contributed by atoms with Crippen LogP contribution in [0.4, 0.5) is 0 Å². The Morgan fingerprint density at radius 2 is 1.93 bits per heavy atom. The van der Waals surface area contributed by atoms with Crippen LogP contribution in [0.2, 0.25) is 0 Å². The normalized spacial score (nSPS) is 9.93. The summed E-state index contributed by atoms with van der Waals surface area (Å²) in [5.74, 6) is 0.698. The van der Waals surface area contributed by atoms with Gasteiger partial charge in [0.2, 0.25) is 0 Å². The number of benzene rings is 1. The zero-order valence-corrected chi connectivity index (χ0v) is 8.13. The number of hydrogen-bond donors (Lipinski definition) is 1. The van der Waals surface area contributed by atoms with E-state index < -0.39 is 0 Å². The lowest BCUT2D eigenvalue weighted by Crippen LogP contribution is -1.96. The molecule has 0 aliphatic heterocycles. The summed E-state index contributed by atoms with van der Waals surface area (Å²) >= 11 is 0. The summed E-state index contributed by atoms with van der Waals surface area (Å²) in [6, 6.07) is 9.63. The van der Waals surface area contributed by atoms with Gasteiger partial charge in [-0.25, -0.2) is 9.97 Å². The van der Waals surface area contributed by atoms with Gasteiger partial charge in [-0.15, -0.1) is 0 Å². The maximum atomic E-state index is 5.53. The first-order valence-corrected chi connectivity index (χ1v) is 4.62. The summed E-state index contributed by atoms with van der Waals surface area (Å²) in [4.78, 5) is 7.93. The molecular weight excluding hydrogens is 190 g/mol. The molecule has 0 fully saturated rings. The topological polar surface area (TPSA) is 61.0 Å². The molecule has 0 saturated heterocycles. The van der Waals surface area contributed by atoms with Crippen molar-refractivity contribution in [1.29, 1.82) is 0 Å². The van der Waals surface area contributed by atoms with Crippen LogP contribution < -0.4 is 10.5 Å². The fourth-order valence-electron chi connectivity index (χ4n) is 1.18. The molecule has 2 rings (SSSR count). The van der Waals surface area contributed by atoms with Crippen LogP contribution in [0.3, 0.4) is 0 Å². The van der Waals surface area contributed by atoms with Gasteiger partial charge in [0, 0.05) is 18.9 Å². The average molecular weight is 201 g/mol. The highest BCUT2D eigenvalue weighted by Crippen LogP contribution is 2.17. The van der Waals surface area contributed by atoms with Gasteiger partial charge in [-0.1, -0.05) is 12.1 Å². The SMILES string of the molecule is NCc1cccc(Oc2ncccn2)c1. The van der Waals surface area contributed by atoms with Crippen LogP contribution in [-0.4, -0.2) is 9.97 Å². The summed E-state index contributed by atoms with van der Waals surface area (Å²) < 4.78 is 5.44.